The van der Waals surface area contributed by atoms with E-state index in [0.29, 0.717) is 34.9 Å². The van der Waals surface area contributed by atoms with Crippen molar-refractivity contribution in [2.75, 3.05) is 6.54 Å². The summed E-state index contributed by atoms with van der Waals surface area (Å²) in [6.45, 7) is 0.159. The van der Waals surface area contributed by atoms with Crippen molar-refractivity contribution in [2.24, 2.45) is 10.2 Å². The second-order valence-corrected chi connectivity index (χ2v) is 7.69. The van der Waals surface area contributed by atoms with E-state index in [1.165, 1.54) is 18.2 Å². The van der Waals surface area contributed by atoms with Crippen molar-refractivity contribution in [3.63, 3.8) is 0 Å². The molecule has 1 amide bonds. The maximum Gasteiger partial charge on any atom is 0.416 e. The Hall–Kier alpha value is -4.10. The Morgan fingerprint density at radius 2 is 1.76 bits per heavy atom. The summed E-state index contributed by atoms with van der Waals surface area (Å²) in [5, 5.41) is 7.87. The quantitative estimate of drug-likeness (QED) is 0.203. The first kappa shape index (κ1) is 23.1. The number of aromatic nitrogens is 1. The predicted octanol–water partition coefficient (Wildman–Crippen LogP) is 6.27. The average Bonchev–Trinajstić information content (AvgIpc) is 3.21. The zero-order chi connectivity index (χ0) is 24.1. The molecule has 9 heteroatoms. The second kappa shape index (κ2) is 9.80. The fourth-order valence-electron chi connectivity index (χ4n) is 3.55. The summed E-state index contributed by atoms with van der Waals surface area (Å²) in [5.74, 6) is -0.868. The molecule has 0 fully saturated rings. The number of alkyl halides is 3. The third-order valence-electron chi connectivity index (χ3n) is 5.27. The second-order valence-electron chi connectivity index (χ2n) is 7.69. The number of H-pyrrole nitrogens is 1. The van der Waals surface area contributed by atoms with Crippen LogP contribution in [0.4, 0.5) is 17.6 Å². The van der Waals surface area contributed by atoms with Gasteiger partial charge in [0.2, 0.25) is 10.0 Å². The Bertz CT molecular complexity index is 1380. The number of hydrogen-bond donors (Lipinski definition) is 1. The van der Waals surface area contributed by atoms with Gasteiger partial charge in [0.25, 0.3) is 0 Å². The van der Waals surface area contributed by atoms with Crippen LogP contribution in [0.25, 0.3) is 10.9 Å². The Balaban J connectivity index is 1.35. The molecule has 0 atom stereocenters. The zero-order valence-corrected chi connectivity index (χ0v) is 17.8. The van der Waals surface area contributed by atoms with Gasteiger partial charge in [0.15, 0.2) is 0 Å². The number of benzene rings is 3. The summed E-state index contributed by atoms with van der Waals surface area (Å²) in [6, 6.07) is 16.6. The highest BCUT2D eigenvalue weighted by Crippen LogP contribution is 2.32. The highest BCUT2D eigenvalue weighted by Gasteiger charge is 2.30. The number of rotatable bonds is 6. The van der Waals surface area contributed by atoms with Gasteiger partial charge in [0, 0.05) is 29.1 Å². The summed E-state index contributed by atoms with van der Waals surface area (Å²) in [4.78, 5) is 18.7. The third-order valence-corrected chi connectivity index (χ3v) is 5.27. The van der Waals surface area contributed by atoms with Gasteiger partial charge in [0.05, 0.1) is 5.56 Å². The highest BCUT2D eigenvalue weighted by atomic mass is 19.4. The number of nitrogens with one attached hydrogen (secondary N) is 1. The molecule has 4 aromatic rings. The van der Waals surface area contributed by atoms with Crippen molar-refractivity contribution in [1.29, 1.82) is 0 Å². The van der Waals surface area contributed by atoms with Gasteiger partial charge in [-0.3, -0.25) is 4.79 Å². The summed E-state index contributed by atoms with van der Waals surface area (Å²) < 4.78 is 52.2. The number of aromatic amines is 1. The van der Waals surface area contributed by atoms with Gasteiger partial charge in [-0.15, -0.1) is 0 Å². The van der Waals surface area contributed by atoms with Crippen LogP contribution in [0.2, 0.25) is 0 Å². The number of amides is 1. The van der Waals surface area contributed by atoms with Crippen LogP contribution in [0.15, 0.2) is 83.2 Å². The van der Waals surface area contributed by atoms with Crippen LogP contribution in [-0.4, -0.2) is 17.4 Å². The Labute approximate surface area is 191 Å². The van der Waals surface area contributed by atoms with Crippen molar-refractivity contribution < 1.29 is 22.4 Å². The molecule has 0 saturated heterocycles. The Kier molecular flexibility index (Phi) is 6.65. The first-order chi connectivity index (χ1) is 16.3. The lowest BCUT2D eigenvalue weighted by atomic mass is 10.0. The molecular weight excluding hydrogens is 448 g/mol. The molecule has 172 valence electrons. The van der Waals surface area contributed by atoms with Crippen molar-refractivity contribution in [3.05, 3.63) is 107 Å². The van der Waals surface area contributed by atoms with Crippen LogP contribution in [-0.2, 0) is 19.0 Å². The molecule has 5 nitrogen and oxygen atoms in total. The van der Waals surface area contributed by atoms with E-state index in [9.17, 15) is 22.4 Å². The number of fused-ring (bicyclic) bond motifs is 1. The Morgan fingerprint density at radius 1 is 0.971 bits per heavy atom. The van der Waals surface area contributed by atoms with Crippen LogP contribution >= 0.6 is 0 Å². The molecule has 0 aliphatic rings. The number of carbonyl (C=O) groups excluding carboxylic acids is 1. The molecule has 0 radical (unpaired) electrons. The molecule has 0 aliphatic carbocycles. The maximum atomic E-state index is 13.3. The number of halogens is 4. The molecule has 34 heavy (non-hydrogen) atoms. The van der Waals surface area contributed by atoms with Gasteiger partial charge >= 0.3 is 12.1 Å². The molecule has 0 saturated carbocycles. The van der Waals surface area contributed by atoms with Crippen LogP contribution in [0.5, 0.6) is 0 Å². The van der Waals surface area contributed by atoms with Crippen LogP contribution in [0.3, 0.4) is 0 Å². The fraction of sp³-hybridized carbons (Fsp3) is 0.160. The van der Waals surface area contributed by atoms with Crippen LogP contribution in [0, 0.1) is 5.82 Å². The molecule has 4 rings (SSSR count). The summed E-state index contributed by atoms with van der Waals surface area (Å²) in [5.41, 5.74) is 2.61. The van der Waals surface area contributed by atoms with E-state index in [4.69, 9.17) is 0 Å². The first-order valence-electron chi connectivity index (χ1n) is 10.4. The largest absolute Gasteiger partial charge is 0.416 e. The smallest absolute Gasteiger partial charge is 0.361 e. The number of carbonyl (C=O) groups is 1. The highest BCUT2D eigenvalue weighted by molar-refractivity contribution is 5.94. The van der Waals surface area contributed by atoms with E-state index in [1.54, 1.807) is 36.5 Å². The van der Waals surface area contributed by atoms with Gasteiger partial charge in [-0.2, -0.15) is 13.2 Å². The molecule has 1 heterocycles. The monoisotopic (exact) mass is 467 g/mol. The average molecular weight is 467 g/mol. The SMILES string of the molecule is O=C(N=[N+]=NCCc1c[nH]c2ccc(C(F)(F)F)cc12)c1ccc(Cc2cccc(F)c2)cc1. The number of hydrogen-bond acceptors (Lipinski definition) is 2. The van der Waals surface area contributed by atoms with Crippen molar-refractivity contribution in [1.82, 2.24) is 9.90 Å². The van der Waals surface area contributed by atoms with Crippen molar-refractivity contribution in [3.8, 4) is 0 Å². The zero-order valence-electron chi connectivity index (χ0n) is 17.8. The van der Waals surface area contributed by atoms with Crippen LogP contribution in [0.1, 0.15) is 32.6 Å². The fourth-order valence-corrected chi connectivity index (χ4v) is 3.55. The van der Waals surface area contributed by atoms with Gasteiger partial charge in [0.1, 0.15) is 17.5 Å². The third kappa shape index (κ3) is 5.63. The van der Waals surface area contributed by atoms with Gasteiger partial charge < -0.3 is 4.98 Å². The minimum atomic E-state index is -4.42. The summed E-state index contributed by atoms with van der Waals surface area (Å²) in [6.07, 6.45) is -1.92. The molecule has 0 unspecified atom stereocenters. The lowest BCUT2D eigenvalue weighted by molar-refractivity contribution is -0.137. The lowest BCUT2D eigenvalue weighted by Gasteiger charge is -2.06. The minimum Gasteiger partial charge on any atom is -0.361 e. The maximum absolute atomic E-state index is 13.3. The molecule has 0 bridgehead atoms. The number of nitrogens with zero attached hydrogens (tertiary/aromatic N) is 3. The molecule has 1 N–H and O–H groups in total. The van der Waals surface area contributed by atoms with Gasteiger partial charge in [-0.25, -0.2) is 4.39 Å². The summed E-state index contributed by atoms with van der Waals surface area (Å²) in [7, 11) is 0. The van der Waals surface area contributed by atoms with E-state index >= 15 is 0 Å². The topological polar surface area (TPSA) is 71.7 Å². The normalized spacial score (nSPS) is 11.3. The molecule has 0 spiro atoms. The molecule has 1 aromatic heterocycles. The lowest BCUT2D eigenvalue weighted by Crippen LogP contribution is -2.04. The molecule has 0 aliphatic heterocycles. The van der Waals surface area contributed by atoms with Crippen LogP contribution < -0.4 is 4.91 Å². The van der Waals surface area contributed by atoms with E-state index in [0.717, 1.165) is 23.3 Å². The molecule has 3 aromatic carbocycles. The Morgan fingerprint density at radius 3 is 2.50 bits per heavy atom. The van der Waals surface area contributed by atoms with E-state index in [1.807, 2.05) is 6.07 Å². The predicted molar refractivity (Wildman–Crippen MR) is 119 cm³/mol. The van der Waals surface area contributed by atoms with E-state index in [2.05, 4.69) is 20.1 Å². The first-order valence-corrected chi connectivity index (χ1v) is 10.4. The van der Waals surface area contributed by atoms with Gasteiger partial charge in [-0.05, 0) is 65.6 Å². The molecular formula is C25H19F4N4O+. The minimum absolute atomic E-state index is 0.159. The van der Waals surface area contributed by atoms with Crippen molar-refractivity contribution >= 4 is 16.8 Å². The van der Waals surface area contributed by atoms with E-state index < -0.39 is 17.6 Å². The standard InChI is InChI=1S/C25H18F4N4O/c26-21-3-1-2-17(13-21)12-16-4-6-18(7-5-16)24(34)32-33-31-11-10-19-15-30-23-9-8-20(14-22(19)23)25(27,28)29/h1-9,13-15H,10-12H2/p+1. The van der Waals surface area contributed by atoms with Crippen molar-refractivity contribution in [2.45, 2.75) is 19.0 Å². The van der Waals surface area contributed by atoms with Gasteiger partial charge in [-0.1, -0.05) is 24.3 Å². The summed E-state index contributed by atoms with van der Waals surface area (Å²) >= 11 is 0. The van der Waals surface area contributed by atoms with E-state index in [-0.39, 0.29) is 12.4 Å².